The van der Waals surface area contributed by atoms with Crippen molar-refractivity contribution in [3.05, 3.63) is 65.3 Å². The molecule has 0 radical (unpaired) electrons. The molecular formula is C16H15ClN2. The van der Waals surface area contributed by atoms with E-state index in [-0.39, 0.29) is 6.04 Å². The van der Waals surface area contributed by atoms with Gasteiger partial charge in [-0.3, -0.25) is 0 Å². The number of rotatable bonds is 3. The predicted octanol–water partition coefficient (Wildman–Crippen LogP) is 4.99. The molecule has 0 saturated heterocycles. The molecular weight excluding hydrogens is 256 g/mol. The van der Waals surface area contributed by atoms with Crippen LogP contribution in [0.1, 0.15) is 18.5 Å². The van der Waals surface area contributed by atoms with E-state index in [2.05, 4.69) is 53.6 Å². The second kappa shape index (κ2) is 4.98. The molecule has 0 amide bonds. The van der Waals surface area contributed by atoms with Gasteiger partial charge in [-0.2, -0.15) is 0 Å². The number of nitrogens with one attached hydrogen (secondary N) is 2. The number of H-pyrrole nitrogens is 1. The number of anilines is 1. The zero-order valence-electron chi connectivity index (χ0n) is 10.7. The van der Waals surface area contributed by atoms with Crippen molar-refractivity contribution in [3.63, 3.8) is 0 Å². The molecule has 19 heavy (non-hydrogen) atoms. The molecule has 2 N–H and O–H groups in total. The third-order valence-corrected chi connectivity index (χ3v) is 3.56. The van der Waals surface area contributed by atoms with Crippen molar-refractivity contribution < 1.29 is 0 Å². The predicted molar refractivity (Wildman–Crippen MR) is 81.8 cm³/mol. The molecule has 3 rings (SSSR count). The van der Waals surface area contributed by atoms with Crippen molar-refractivity contribution in [1.29, 1.82) is 0 Å². The Bertz CT molecular complexity index is 685. The molecule has 2 nitrogen and oxygen atoms in total. The van der Waals surface area contributed by atoms with Crippen LogP contribution in [0, 0.1) is 0 Å². The maximum atomic E-state index is 5.91. The molecule has 0 saturated carbocycles. The van der Waals surface area contributed by atoms with E-state index in [1.807, 2.05) is 18.3 Å². The van der Waals surface area contributed by atoms with Gasteiger partial charge in [0.05, 0.1) is 0 Å². The van der Waals surface area contributed by atoms with Crippen molar-refractivity contribution in [3.8, 4) is 0 Å². The smallest absolute Gasteiger partial charge is 0.0485 e. The van der Waals surface area contributed by atoms with Crippen molar-refractivity contribution in [2.45, 2.75) is 13.0 Å². The molecule has 0 aliphatic heterocycles. The highest BCUT2D eigenvalue weighted by molar-refractivity contribution is 6.30. The van der Waals surface area contributed by atoms with Crippen LogP contribution in [0.4, 0.5) is 5.69 Å². The van der Waals surface area contributed by atoms with E-state index in [9.17, 15) is 0 Å². The summed E-state index contributed by atoms with van der Waals surface area (Å²) >= 11 is 5.91. The highest BCUT2D eigenvalue weighted by Gasteiger charge is 2.05. The molecule has 0 aliphatic rings. The number of hydrogen-bond acceptors (Lipinski definition) is 1. The minimum absolute atomic E-state index is 0.244. The zero-order valence-corrected chi connectivity index (χ0v) is 11.4. The standard InChI is InChI=1S/C16H15ClN2/c1-11(12-2-4-14(17)5-3-12)19-15-6-7-16-13(10-15)8-9-18-16/h2-11,18-19H,1H3/t11-/m0/s1. The molecule has 1 heterocycles. The number of benzene rings is 2. The first-order chi connectivity index (χ1) is 9.22. The molecule has 0 fully saturated rings. The lowest BCUT2D eigenvalue weighted by atomic mass is 10.1. The number of aromatic nitrogens is 1. The van der Waals surface area contributed by atoms with E-state index >= 15 is 0 Å². The summed E-state index contributed by atoms with van der Waals surface area (Å²) < 4.78 is 0. The first kappa shape index (κ1) is 12.1. The lowest BCUT2D eigenvalue weighted by molar-refractivity contribution is 0.885. The van der Waals surface area contributed by atoms with E-state index in [0.29, 0.717) is 0 Å². The number of hydrogen-bond donors (Lipinski definition) is 2. The van der Waals surface area contributed by atoms with Crippen LogP contribution >= 0.6 is 11.6 Å². The van der Waals surface area contributed by atoms with E-state index in [1.54, 1.807) is 0 Å². The fourth-order valence-electron chi connectivity index (χ4n) is 2.23. The molecule has 3 heteroatoms. The Morgan fingerprint density at radius 2 is 1.84 bits per heavy atom. The summed E-state index contributed by atoms with van der Waals surface area (Å²) in [4.78, 5) is 3.20. The van der Waals surface area contributed by atoms with Crippen LogP contribution in [0.25, 0.3) is 10.9 Å². The summed E-state index contributed by atoms with van der Waals surface area (Å²) in [7, 11) is 0. The highest BCUT2D eigenvalue weighted by atomic mass is 35.5. The largest absolute Gasteiger partial charge is 0.379 e. The minimum atomic E-state index is 0.244. The van der Waals surface area contributed by atoms with E-state index < -0.39 is 0 Å². The quantitative estimate of drug-likeness (QED) is 0.689. The number of halogens is 1. The SMILES string of the molecule is C[C@H](Nc1ccc2[nH]ccc2c1)c1ccc(Cl)cc1. The average molecular weight is 271 g/mol. The summed E-state index contributed by atoms with van der Waals surface area (Å²) in [6, 6.07) is 16.6. The summed E-state index contributed by atoms with van der Waals surface area (Å²) in [6.07, 6.45) is 1.96. The normalized spacial score (nSPS) is 12.5. The molecule has 96 valence electrons. The van der Waals surface area contributed by atoms with Gasteiger partial charge in [0, 0.05) is 33.9 Å². The number of fused-ring (bicyclic) bond motifs is 1. The fraction of sp³-hybridized carbons (Fsp3) is 0.125. The third-order valence-electron chi connectivity index (χ3n) is 3.31. The van der Waals surface area contributed by atoms with E-state index in [0.717, 1.165) is 16.2 Å². The molecule has 0 aliphatic carbocycles. The molecule has 3 aromatic rings. The van der Waals surface area contributed by atoms with Crippen LogP contribution in [0.5, 0.6) is 0 Å². The van der Waals surface area contributed by atoms with Gasteiger partial charge in [-0.25, -0.2) is 0 Å². The zero-order chi connectivity index (χ0) is 13.2. The van der Waals surface area contributed by atoms with Crippen molar-refractivity contribution >= 4 is 28.2 Å². The summed E-state index contributed by atoms with van der Waals surface area (Å²) in [5.74, 6) is 0. The first-order valence-electron chi connectivity index (χ1n) is 6.31. The fourth-order valence-corrected chi connectivity index (χ4v) is 2.35. The van der Waals surface area contributed by atoms with Gasteiger partial charge >= 0.3 is 0 Å². The molecule has 0 unspecified atom stereocenters. The van der Waals surface area contributed by atoms with Crippen LogP contribution in [0.3, 0.4) is 0 Å². The second-order valence-corrected chi connectivity index (χ2v) is 5.13. The summed E-state index contributed by atoms with van der Waals surface area (Å²) in [5.41, 5.74) is 3.50. The van der Waals surface area contributed by atoms with Gasteiger partial charge in [-0.05, 0) is 48.9 Å². The van der Waals surface area contributed by atoms with Crippen molar-refractivity contribution in [2.24, 2.45) is 0 Å². The summed E-state index contributed by atoms with van der Waals surface area (Å²) in [5, 5.41) is 5.49. The van der Waals surface area contributed by atoms with E-state index in [4.69, 9.17) is 11.6 Å². The van der Waals surface area contributed by atoms with Crippen LogP contribution in [-0.4, -0.2) is 4.98 Å². The van der Waals surface area contributed by atoms with Crippen LogP contribution < -0.4 is 5.32 Å². The molecule has 0 bridgehead atoms. The van der Waals surface area contributed by atoms with E-state index in [1.165, 1.54) is 10.9 Å². The van der Waals surface area contributed by atoms with Crippen molar-refractivity contribution in [1.82, 2.24) is 4.98 Å². The van der Waals surface area contributed by atoms with Gasteiger partial charge < -0.3 is 10.3 Å². The topological polar surface area (TPSA) is 27.8 Å². The molecule has 0 spiro atoms. The Morgan fingerprint density at radius 1 is 1.05 bits per heavy atom. The molecule has 2 aromatic carbocycles. The molecule has 1 aromatic heterocycles. The van der Waals surface area contributed by atoms with Crippen LogP contribution in [0.2, 0.25) is 5.02 Å². The third kappa shape index (κ3) is 2.59. The van der Waals surface area contributed by atoms with Gasteiger partial charge in [0.15, 0.2) is 0 Å². The summed E-state index contributed by atoms with van der Waals surface area (Å²) in [6.45, 7) is 2.14. The second-order valence-electron chi connectivity index (χ2n) is 4.70. The van der Waals surface area contributed by atoms with Gasteiger partial charge in [0.25, 0.3) is 0 Å². The Hall–Kier alpha value is -1.93. The molecule has 1 atom stereocenters. The van der Waals surface area contributed by atoms with Crippen molar-refractivity contribution in [2.75, 3.05) is 5.32 Å². The minimum Gasteiger partial charge on any atom is -0.379 e. The lowest BCUT2D eigenvalue weighted by Crippen LogP contribution is -2.06. The van der Waals surface area contributed by atoms with Gasteiger partial charge in [-0.1, -0.05) is 23.7 Å². The Morgan fingerprint density at radius 3 is 2.63 bits per heavy atom. The number of aromatic amines is 1. The Kier molecular flexibility index (Phi) is 3.18. The van der Waals surface area contributed by atoms with Gasteiger partial charge in [0.1, 0.15) is 0 Å². The van der Waals surface area contributed by atoms with Gasteiger partial charge in [-0.15, -0.1) is 0 Å². The average Bonchev–Trinajstić information content (AvgIpc) is 2.87. The Balaban J connectivity index is 1.81. The Labute approximate surface area is 117 Å². The first-order valence-corrected chi connectivity index (χ1v) is 6.69. The lowest BCUT2D eigenvalue weighted by Gasteiger charge is -2.16. The van der Waals surface area contributed by atoms with Crippen LogP contribution in [-0.2, 0) is 0 Å². The maximum absolute atomic E-state index is 5.91. The van der Waals surface area contributed by atoms with Gasteiger partial charge in [0.2, 0.25) is 0 Å². The maximum Gasteiger partial charge on any atom is 0.0485 e. The van der Waals surface area contributed by atoms with Crippen LogP contribution in [0.15, 0.2) is 54.7 Å². The monoisotopic (exact) mass is 270 g/mol. The highest BCUT2D eigenvalue weighted by Crippen LogP contribution is 2.23.